The summed E-state index contributed by atoms with van der Waals surface area (Å²) in [5.41, 5.74) is 1.64. The number of hydrogen-bond donors (Lipinski definition) is 1. The lowest BCUT2D eigenvalue weighted by Gasteiger charge is -2.42. The van der Waals surface area contributed by atoms with Gasteiger partial charge in [0.25, 0.3) is 0 Å². The van der Waals surface area contributed by atoms with Gasteiger partial charge in [-0.1, -0.05) is 20.3 Å². The molecule has 0 radical (unpaired) electrons. The van der Waals surface area contributed by atoms with Gasteiger partial charge >= 0.3 is 0 Å². The quantitative estimate of drug-likeness (QED) is 0.672. The first-order valence-corrected chi connectivity index (χ1v) is 8.51. The summed E-state index contributed by atoms with van der Waals surface area (Å²) >= 11 is 0. The van der Waals surface area contributed by atoms with Crippen LogP contribution in [0, 0.1) is 12.3 Å². The van der Waals surface area contributed by atoms with Crippen molar-refractivity contribution < 1.29 is 0 Å². The van der Waals surface area contributed by atoms with Crippen molar-refractivity contribution in [2.75, 3.05) is 26.7 Å². The van der Waals surface area contributed by atoms with Gasteiger partial charge in [0.2, 0.25) is 0 Å². The lowest BCUT2D eigenvalue weighted by atomic mass is 9.78. The molecule has 0 saturated carbocycles. The minimum atomic E-state index is 0.434. The molecule has 1 saturated heterocycles. The fourth-order valence-corrected chi connectivity index (χ4v) is 3.51. The van der Waals surface area contributed by atoms with Crippen LogP contribution in [-0.2, 0) is 6.54 Å². The number of aliphatic imine (C=N–C) groups is 1. The zero-order valence-electron chi connectivity index (χ0n) is 14.6. The van der Waals surface area contributed by atoms with Gasteiger partial charge in [-0.15, -0.1) is 0 Å². The molecule has 1 aliphatic rings. The molecule has 5 nitrogen and oxygen atoms in total. The smallest absolute Gasteiger partial charge is 0.193 e. The Labute approximate surface area is 134 Å². The predicted molar refractivity (Wildman–Crippen MR) is 92.1 cm³/mol. The van der Waals surface area contributed by atoms with Crippen LogP contribution in [0.3, 0.4) is 0 Å². The maximum atomic E-state index is 4.48. The van der Waals surface area contributed by atoms with Crippen molar-refractivity contribution in [2.24, 2.45) is 10.4 Å². The fourth-order valence-electron chi connectivity index (χ4n) is 3.51. The summed E-state index contributed by atoms with van der Waals surface area (Å²) in [5.74, 6) is 1.03. The summed E-state index contributed by atoms with van der Waals surface area (Å²) in [6, 6.07) is 0. The zero-order valence-corrected chi connectivity index (χ0v) is 14.6. The van der Waals surface area contributed by atoms with E-state index in [9.17, 15) is 0 Å². The van der Waals surface area contributed by atoms with Gasteiger partial charge in [-0.3, -0.25) is 9.67 Å². The van der Waals surface area contributed by atoms with E-state index in [1.54, 1.807) is 0 Å². The third-order valence-corrected chi connectivity index (χ3v) is 4.53. The van der Waals surface area contributed by atoms with Gasteiger partial charge in [0.05, 0.1) is 12.7 Å². The van der Waals surface area contributed by atoms with Crippen LogP contribution in [0.5, 0.6) is 0 Å². The van der Waals surface area contributed by atoms with Crippen LogP contribution < -0.4 is 5.32 Å². The van der Waals surface area contributed by atoms with Crippen molar-refractivity contribution >= 4 is 5.96 Å². The Morgan fingerprint density at radius 3 is 2.95 bits per heavy atom. The normalized spacial score (nSPS) is 22.9. The molecular weight excluding hydrogens is 274 g/mol. The van der Waals surface area contributed by atoms with Crippen molar-refractivity contribution in [1.29, 1.82) is 0 Å². The standard InChI is InChI=1S/C17H31N5/c1-5-7-17(3)8-6-10-21(14-17)16(18-4)19-9-11-22-13-15(2)12-20-22/h12-13H,5-11,14H2,1-4H3,(H,18,19). The van der Waals surface area contributed by atoms with Gasteiger partial charge in [0, 0.05) is 32.9 Å². The largest absolute Gasteiger partial charge is 0.354 e. The van der Waals surface area contributed by atoms with Crippen LogP contribution in [0.4, 0.5) is 0 Å². The Bertz CT molecular complexity index is 489. The second kappa shape index (κ2) is 7.65. The minimum Gasteiger partial charge on any atom is -0.354 e. The number of rotatable bonds is 5. The maximum Gasteiger partial charge on any atom is 0.193 e. The monoisotopic (exact) mass is 305 g/mol. The molecule has 0 spiro atoms. The summed E-state index contributed by atoms with van der Waals surface area (Å²) < 4.78 is 1.98. The van der Waals surface area contributed by atoms with Gasteiger partial charge in [-0.25, -0.2) is 0 Å². The molecule has 2 heterocycles. The van der Waals surface area contributed by atoms with Crippen molar-refractivity contribution in [2.45, 2.75) is 53.0 Å². The van der Waals surface area contributed by atoms with Crippen LogP contribution in [0.25, 0.3) is 0 Å². The molecule has 124 valence electrons. The number of aryl methyl sites for hydroxylation is 1. The first-order chi connectivity index (χ1) is 10.6. The number of hydrogen-bond acceptors (Lipinski definition) is 2. The summed E-state index contributed by atoms with van der Waals surface area (Å²) in [6.07, 6.45) is 9.12. The van der Waals surface area contributed by atoms with E-state index < -0.39 is 0 Å². The summed E-state index contributed by atoms with van der Waals surface area (Å²) in [4.78, 5) is 6.90. The second-order valence-corrected chi connectivity index (χ2v) is 6.84. The summed E-state index contributed by atoms with van der Waals surface area (Å²) in [5, 5.41) is 7.81. The molecule has 5 heteroatoms. The second-order valence-electron chi connectivity index (χ2n) is 6.84. The molecule has 0 bridgehead atoms. The number of nitrogens with one attached hydrogen (secondary N) is 1. The molecule has 1 unspecified atom stereocenters. The molecule has 1 fully saturated rings. The Morgan fingerprint density at radius 1 is 1.50 bits per heavy atom. The molecule has 0 amide bonds. The van der Waals surface area contributed by atoms with E-state index in [0.29, 0.717) is 5.41 Å². The average molecular weight is 305 g/mol. The highest BCUT2D eigenvalue weighted by Gasteiger charge is 2.31. The van der Waals surface area contributed by atoms with E-state index >= 15 is 0 Å². The van der Waals surface area contributed by atoms with Crippen molar-refractivity contribution in [3.8, 4) is 0 Å². The van der Waals surface area contributed by atoms with E-state index in [2.05, 4.69) is 47.3 Å². The molecular formula is C17H31N5. The summed E-state index contributed by atoms with van der Waals surface area (Å²) in [7, 11) is 1.88. The van der Waals surface area contributed by atoms with Crippen LogP contribution in [0.2, 0.25) is 0 Å². The molecule has 1 aromatic rings. The van der Waals surface area contributed by atoms with Gasteiger partial charge in [0.15, 0.2) is 5.96 Å². The SMILES string of the molecule is CCCC1(C)CCCN(C(=NC)NCCn2cc(C)cn2)C1. The molecule has 1 aromatic heterocycles. The lowest BCUT2D eigenvalue weighted by Crippen LogP contribution is -2.50. The van der Waals surface area contributed by atoms with Gasteiger partial charge in [0.1, 0.15) is 0 Å². The fraction of sp³-hybridized carbons (Fsp3) is 0.765. The highest BCUT2D eigenvalue weighted by molar-refractivity contribution is 5.80. The van der Waals surface area contributed by atoms with E-state index in [1.807, 2.05) is 17.9 Å². The average Bonchev–Trinajstić information content (AvgIpc) is 2.89. The topological polar surface area (TPSA) is 45.5 Å². The highest BCUT2D eigenvalue weighted by atomic mass is 15.3. The van der Waals surface area contributed by atoms with Crippen LogP contribution >= 0.6 is 0 Å². The van der Waals surface area contributed by atoms with Gasteiger partial charge < -0.3 is 10.2 Å². The Hall–Kier alpha value is -1.52. The predicted octanol–water partition coefficient (Wildman–Crippen LogP) is 2.67. The lowest BCUT2D eigenvalue weighted by molar-refractivity contribution is 0.142. The molecule has 0 aromatic carbocycles. The highest BCUT2D eigenvalue weighted by Crippen LogP contribution is 2.33. The minimum absolute atomic E-state index is 0.434. The van der Waals surface area contributed by atoms with E-state index in [0.717, 1.165) is 32.1 Å². The first kappa shape index (κ1) is 16.8. The number of guanidine groups is 1. The molecule has 1 aliphatic heterocycles. The maximum absolute atomic E-state index is 4.48. The number of aromatic nitrogens is 2. The van der Waals surface area contributed by atoms with Crippen LogP contribution in [0.1, 0.15) is 45.1 Å². The van der Waals surface area contributed by atoms with E-state index in [4.69, 9.17) is 0 Å². The van der Waals surface area contributed by atoms with E-state index in [-0.39, 0.29) is 0 Å². The number of nitrogens with zero attached hydrogens (tertiary/aromatic N) is 4. The van der Waals surface area contributed by atoms with Gasteiger partial charge in [-0.05, 0) is 37.2 Å². The van der Waals surface area contributed by atoms with Gasteiger partial charge in [-0.2, -0.15) is 5.10 Å². The van der Waals surface area contributed by atoms with Crippen molar-refractivity contribution in [3.05, 3.63) is 18.0 Å². The zero-order chi connectivity index (χ0) is 16.0. The first-order valence-electron chi connectivity index (χ1n) is 8.51. The van der Waals surface area contributed by atoms with Crippen LogP contribution in [0.15, 0.2) is 17.4 Å². The number of likely N-dealkylation sites (tertiary alicyclic amines) is 1. The van der Waals surface area contributed by atoms with E-state index in [1.165, 1.54) is 31.2 Å². The van der Waals surface area contributed by atoms with Crippen molar-refractivity contribution in [3.63, 3.8) is 0 Å². The molecule has 0 aliphatic carbocycles. The Kier molecular flexibility index (Phi) is 5.86. The molecule has 22 heavy (non-hydrogen) atoms. The van der Waals surface area contributed by atoms with Crippen molar-refractivity contribution in [1.82, 2.24) is 20.0 Å². The Balaban J connectivity index is 1.85. The third-order valence-electron chi connectivity index (χ3n) is 4.53. The third kappa shape index (κ3) is 4.49. The summed E-state index contributed by atoms with van der Waals surface area (Å²) in [6.45, 7) is 10.7. The molecule has 1 atom stereocenters. The Morgan fingerprint density at radius 2 is 2.32 bits per heavy atom. The number of piperidine rings is 1. The molecule has 1 N–H and O–H groups in total. The molecule has 2 rings (SSSR count). The van der Waals surface area contributed by atoms with Crippen LogP contribution in [-0.4, -0.2) is 47.3 Å².